The Balaban J connectivity index is 2.16. The molecule has 0 aliphatic carbocycles. The molecular formula is C17H22N2O6. The van der Waals surface area contributed by atoms with Gasteiger partial charge in [-0.05, 0) is 31.9 Å². The molecule has 0 radical (unpaired) electrons. The average molecular weight is 350 g/mol. The molecule has 0 bridgehead atoms. The van der Waals surface area contributed by atoms with E-state index in [1.165, 1.54) is 19.2 Å². The minimum absolute atomic E-state index is 0.0478. The number of nitro groups is 1. The second kappa shape index (κ2) is 8.46. The number of esters is 1. The van der Waals surface area contributed by atoms with E-state index in [0.717, 1.165) is 31.7 Å². The molecule has 1 heterocycles. The Morgan fingerprint density at radius 2 is 1.84 bits per heavy atom. The summed E-state index contributed by atoms with van der Waals surface area (Å²) in [5, 5.41) is 11.3. The van der Waals surface area contributed by atoms with Gasteiger partial charge in [0.1, 0.15) is 0 Å². The number of amides is 1. The first-order chi connectivity index (χ1) is 11.9. The Kier molecular flexibility index (Phi) is 6.32. The minimum Gasteiger partial charge on any atom is -0.474 e. The summed E-state index contributed by atoms with van der Waals surface area (Å²) in [5.74, 6) is -0.912. The highest BCUT2D eigenvalue weighted by molar-refractivity contribution is 5.90. The third-order valence-corrected chi connectivity index (χ3v) is 4.15. The average Bonchev–Trinajstić information content (AvgIpc) is 2.89. The highest BCUT2D eigenvalue weighted by Gasteiger charge is 2.26. The highest BCUT2D eigenvalue weighted by Crippen LogP contribution is 2.29. The van der Waals surface area contributed by atoms with E-state index in [0.29, 0.717) is 13.1 Å². The van der Waals surface area contributed by atoms with Crippen LogP contribution in [0.1, 0.15) is 43.0 Å². The van der Waals surface area contributed by atoms with Crippen LogP contribution in [0.25, 0.3) is 0 Å². The SMILES string of the molecule is COC(=O)c1ccc(O[C@@H](C)C(=O)N2CCCCCC2)c([N+](=O)[O-])c1. The zero-order chi connectivity index (χ0) is 18.4. The van der Waals surface area contributed by atoms with Crippen molar-refractivity contribution in [2.75, 3.05) is 20.2 Å². The summed E-state index contributed by atoms with van der Waals surface area (Å²) < 4.78 is 10.1. The molecule has 0 N–H and O–H groups in total. The predicted octanol–water partition coefficient (Wildman–Crippen LogP) is 2.55. The van der Waals surface area contributed by atoms with Crippen molar-refractivity contribution in [1.29, 1.82) is 0 Å². The fourth-order valence-electron chi connectivity index (χ4n) is 2.79. The molecular weight excluding hydrogens is 328 g/mol. The Morgan fingerprint density at radius 1 is 1.20 bits per heavy atom. The van der Waals surface area contributed by atoms with Crippen molar-refractivity contribution >= 4 is 17.6 Å². The smallest absolute Gasteiger partial charge is 0.338 e. The monoisotopic (exact) mass is 350 g/mol. The molecule has 1 aliphatic rings. The molecule has 0 saturated carbocycles. The Labute approximate surface area is 145 Å². The van der Waals surface area contributed by atoms with Gasteiger partial charge in [0.25, 0.3) is 5.91 Å². The summed E-state index contributed by atoms with van der Waals surface area (Å²) in [6, 6.07) is 3.78. The number of carbonyl (C=O) groups is 2. The summed E-state index contributed by atoms with van der Waals surface area (Å²) in [6.07, 6.45) is 3.25. The van der Waals surface area contributed by atoms with E-state index in [1.54, 1.807) is 11.8 Å². The van der Waals surface area contributed by atoms with E-state index >= 15 is 0 Å². The molecule has 8 nitrogen and oxygen atoms in total. The van der Waals surface area contributed by atoms with E-state index in [2.05, 4.69) is 4.74 Å². The molecule has 136 valence electrons. The van der Waals surface area contributed by atoms with Crippen molar-refractivity contribution < 1.29 is 24.0 Å². The summed E-state index contributed by atoms with van der Waals surface area (Å²) in [6.45, 7) is 2.93. The van der Waals surface area contributed by atoms with Gasteiger partial charge in [-0.25, -0.2) is 4.79 Å². The molecule has 0 unspecified atom stereocenters. The van der Waals surface area contributed by atoms with Crippen LogP contribution in [-0.2, 0) is 9.53 Å². The number of ether oxygens (including phenoxy) is 2. The number of hydrogen-bond acceptors (Lipinski definition) is 6. The van der Waals surface area contributed by atoms with Gasteiger partial charge in [0.05, 0.1) is 17.6 Å². The van der Waals surface area contributed by atoms with Crippen molar-refractivity contribution in [2.45, 2.75) is 38.7 Å². The van der Waals surface area contributed by atoms with E-state index < -0.39 is 17.0 Å². The quantitative estimate of drug-likeness (QED) is 0.460. The first-order valence-electron chi connectivity index (χ1n) is 8.26. The van der Waals surface area contributed by atoms with E-state index in [1.807, 2.05) is 0 Å². The van der Waals surface area contributed by atoms with Crippen LogP contribution < -0.4 is 4.74 Å². The molecule has 0 spiro atoms. The molecule has 0 aromatic heterocycles. The lowest BCUT2D eigenvalue weighted by molar-refractivity contribution is -0.386. The van der Waals surface area contributed by atoms with Crippen molar-refractivity contribution in [2.24, 2.45) is 0 Å². The van der Waals surface area contributed by atoms with Gasteiger partial charge < -0.3 is 14.4 Å². The predicted molar refractivity (Wildman–Crippen MR) is 89.6 cm³/mol. The normalized spacial score (nSPS) is 15.8. The van der Waals surface area contributed by atoms with Gasteiger partial charge in [-0.2, -0.15) is 0 Å². The maximum Gasteiger partial charge on any atom is 0.338 e. The zero-order valence-corrected chi connectivity index (χ0v) is 14.4. The standard InChI is InChI=1S/C17H22N2O6/c1-12(16(20)18-9-5-3-4-6-10-18)25-15-8-7-13(17(21)24-2)11-14(15)19(22)23/h7-8,11-12H,3-6,9-10H2,1-2H3/t12-/m0/s1. The zero-order valence-electron chi connectivity index (χ0n) is 14.4. The fraction of sp³-hybridized carbons (Fsp3) is 0.529. The summed E-state index contributed by atoms with van der Waals surface area (Å²) in [5.41, 5.74) is -0.327. The van der Waals surface area contributed by atoms with Gasteiger partial charge in [-0.15, -0.1) is 0 Å². The Bertz CT molecular complexity index is 653. The Hall–Kier alpha value is -2.64. The molecule has 25 heavy (non-hydrogen) atoms. The number of rotatable bonds is 5. The van der Waals surface area contributed by atoms with Crippen LogP contribution >= 0.6 is 0 Å². The number of methoxy groups -OCH3 is 1. The maximum absolute atomic E-state index is 12.5. The van der Waals surface area contributed by atoms with E-state index in [4.69, 9.17) is 4.74 Å². The van der Waals surface area contributed by atoms with Crippen LogP contribution in [0.3, 0.4) is 0 Å². The molecule has 1 fully saturated rings. The number of nitrogens with zero attached hydrogens (tertiary/aromatic N) is 2. The van der Waals surface area contributed by atoms with Gasteiger partial charge in [0.2, 0.25) is 0 Å². The summed E-state index contributed by atoms with van der Waals surface area (Å²) in [4.78, 5) is 36.4. The highest BCUT2D eigenvalue weighted by atomic mass is 16.6. The molecule has 1 atom stereocenters. The Morgan fingerprint density at radius 3 is 2.40 bits per heavy atom. The van der Waals surface area contributed by atoms with Crippen molar-refractivity contribution in [3.05, 3.63) is 33.9 Å². The molecule has 1 amide bonds. The first kappa shape index (κ1) is 18.7. The van der Waals surface area contributed by atoms with Crippen LogP contribution in [-0.4, -0.2) is 48.0 Å². The molecule has 1 aromatic rings. The lowest BCUT2D eigenvalue weighted by Crippen LogP contribution is -2.41. The third kappa shape index (κ3) is 4.68. The van der Waals surface area contributed by atoms with Gasteiger partial charge >= 0.3 is 11.7 Å². The topological polar surface area (TPSA) is 99.0 Å². The molecule has 1 aromatic carbocycles. The van der Waals surface area contributed by atoms with Crippen LogP contribution in [0.4, 0.5) is 5.69 Å². The number of carbonyl (C=O) groups excluding carboxylic acids is 2. The van der Waals surface area contributed by atoms with Crippen LogP contribution in [0.5, 0.6) is 5.75 Å². The second-order valence-electron chi connectivity index (χ2n) is 5.93. The summed E-state index contributed by atoms with van der Waals surface area (Å²) >= 11 is 0. The lowest BCUT2D eigenvalue weighted by Gasteiger charge is -2.24. The fourth-order valence-corrected chi connectivity index (χ4v) is 2.79. The third-order valence-electron chi connectivity index (χ3n) is 4.15. The lowest BCUT2D eigenvalue weighted by atomic mass is 10.2. The van der Waals surface area contributed by atoms with Crippen molar-refractivity contribution in [3.63, 3.8) is 0 Å². The van der Waals surface area contributed by atoms with Gasteiger partial charge in [0.15, 0.2) is 11.9 Å². The van der Waals surface area contributed by atoms with Crippen LogP contribution in [0.15, 0.2) is 18.2 Å². The first-order valence-corrected chi connectivity index (χ1v) is 8.26. The van der Waals surface area contributed by atoms with Crippen molar-refractivity contribution in [3.8, 4) is 5.75 Å². The van der Waals surface area contributed by atoms with Crippen LogP contribution in [0.2, 0.25) is 0 Å². The van der Waals surface area contributed by atoms with Gasteiger partial charge in [0, 0.05) is 19.2 Å². The van der Waals surface area contributed by atoms with Gasteiger partial charge in [-0.1, -0.05) is 12.8 Å². The summed E-state index contributed by atoms with van der Waals surface area (Å²) in [7, 11) is 1.19. The molecule has 1 aliphatic heterocycles. The van der Waals surface area contributed by atoms with Gasteiger partial charge in [-0.3, -0.25) is 14.9 Å². The number of hydrogen-bond donors (Lipinski definition) is 0. The molecule has 8 heteroatoms. The molecule has 1 saturated heterocycles. The minimum atomic E-state index is -0.847. The largest absolute Gasteiger partial charge is 0.474 e. The van der Waals surface area contributed by atoms with E-state index in [-0.39, 0.29) is 22.9 Å². The number of nitro benzene ring substituents is 1. The maximum atomic E-state index is 12.5. The number of benzene rings is 1. The van der Waals surface area contributed by atoms with Crippen molar-refractivity contribution in [1.82, 2.24) is 4.90 Å². The van der Waals surface area contributed by atoms with E-state index in [9.17, 15) is 19.7 Å². The molecule has 2 rings (SSSR count). The van der Waals surface area contributed by atoms with Crippen LogP contribution in [0, 0.1) is 10.1 Å². The second-order valence-corrected chi connectivity index (χ2v) is 5.93. The number of likely N-dealkylation sites (tertiary alicyclic amines) is 1.